The predicted molar refractivity (Wildman–Crippen MR) is 61.5 cm³/mol. The van der Waals surface area contributed by atoms with E-state index in [-0.39, 0.29) is 17.6 Å². The van der Waals surface area contributed by atoms with Crippen LogP contribution in [0.4, 0.5) is 0 Å². The molecule has 0 fully saturated rings. The first-order chi connectivity index (χ1) is 7.47. The van der Waals surface area contributed by atoms with Gasteiger partial charge in [0.15, 0.2) is 0 Å². The Labute approximate surface area is 95.8 Å². The molecule has 2 rings (SSSR count). The van der Waals surface area contributed by atoms with Gasteiger partial charge in [0.2, 0.25) is 5.91 Å². The molecule has 3 nitrogen and oxygen atoms in total. The van der Waals surface area contributed by atoms with Gasteiger partial charge in [-0.3, -0.25) is 9.59 Å². The zero-order valence-corrected chi connectivity index (χ0v) is 9.99. The summed E-state index contributed by atoms with van der Waals surface area (Å²) in [5.74, 6) is -0.0471. The van der Waals surface area contributed by atoms with Gasteiger partial charge in [0.1, 0.15) is 5.78 Å². The topological polar surface area (TPSA) is 37.4 Å². The minimum Gasteiger partial charge on any atom is -0.322 e. The molecule has 2 aliphatic rings. The third-order valence-electron chi connectivity index (χ3n) is 3.83. The Morgan fingerprint density at radius 1 is 1.56 bits per heavy atom. The number of Topliss-reactive ketones (excluding diaryl/α,β-unsaturated/α-hetero) is 1. The van der Waals surface area contributed by atoms with Crippen LogP contribution < -0.4 is 0 Å². The van der Waals surface area contributed by atoms with E-state index in [2.05, 4.69) is 6.08 Å². The van der Waals surface area contributed by atoms with Gasteiger partial charge in [0, 0.05) is 13.2 Å². The summed E-state index contributed by atoms with van der Waals surface area (Å²) in [4.78, 5) is 25.6. The van der Waals surface area contributed by atoms with Gasteiger partial charge in [-0.15, -0.1) is 0 Å². The molecule has 0 saturated carbocycles. The second-order valence-corrected chi connectivity index (χ2v) is 4.87. The minimum atomic E-state index is -0.580. The van der Waals surface area contributed by atoms with E-state index in [1.54, 1.807) is 25.1 Å². The van der Waals surface area contributed by atoms with Crippen molar-refractivity contribution in [3.05, 3.63) is 23.9 Å². The third-order valence-corrected chi connectivity index (χ3v) is 3.83. The predicted octanol–water partition coefficient (Wildman–Crippen LogP) is 1.90. The van der Waals surface area contributed by atoms with Crippen molar-refractivity contribution in [1.29, 1.82) is 0 Å². The first-order valence-corrected chi connectivity index (χ1v) is 5.60. The molecule has 0 aromatic heterocycles. The number of fused-ring (bicyclic) bond motifs is 1. The molecule has 1 heterocycles. The number of carbonyl (C=O) groups is 2. The maximum atomic E-state index is 12.1. The summed E-state index contributed by atoms with van der Waals surface area (Å²) in [7, 11) is 1.75. The van der Waals surface area contributed by atoms with Crippen molar-refractivity contribution in [3.63, 3.8) is 0 Å². The smallest absolute Gasteiger partial charge is 0.231 e. The van der Waals surface area contributed by atoms with E-state index >= 15 is 0 Å². The van der Waals surface area contributed by atoms with Crippen LogP contribution in [0.5, 0.6) is 0 Å². The molecule has 0 unspecified atom stereocenters. The van der Waals surface area contributed by atoms with E-state index in [1.807, 2.05) is 13.0 Å². The Balaban J connectivity index is 2.49. The summed E-state index contributed by atoms with van der Waals surface area (Å²) in [6.45, 7) is 3.61. The van der Waals surface area contributed by atoms with Crippen LogP contribution in [0.15, 0.2) is 23.9 Å². The Bertz CT molecular complexity index is 408. The van der Waals surface area contributed by atoms with Crippen molar-refractivity contribution >= 4 is 11.7 Å². The highest BCUT2D eigenvalue weighted by atomic mass is 16.2. The van der Waals surface area contributed by atoms with Crippen LogP contribution in [0.2, 0.25) is 0 Å². The summed E-state index contributed by atoms with van der Waals surface area (Å²) in [6.07, 6.45) is 7.09. The zero-order chi connectivity index (χ0) is 11.9. The molecule has 0 spiro atoms. The Morgan fingerprint density at radius 3 is 2.88 bits per heavy atom. The number of rotatable bonds is 1. The number of hydrogen-bond acceptors (Lipinski definition) is 2. The molecule has 2 atom stereocenters. The van der Waals surface area contributed by atoms with E-state index in [4.69, 9.17) is 0 Å². The van der Waals surface area contributed by atoms with Crippen LogP contribution in [0.3, 0.4) is 0 Å². The summed E-state index contributed by atoms with van der Waals surface area (Å²) in [6, 6.07) is 0. The molecule has 0 N–H and O–H groups in total. The summed E-state index contributed by atoms with van der Waals surface area (Å²) >= 11 is 0. The normalized spacial score (nSPS) is 33.4. The average molecular weight is 219 g/mol. The molecule has 0 aromatic carbocycles. The van der Waals surface area contributed by atoms with Gasteiger partial charge in [-0.05, 0) is 26.7 Å². The van der Waals surface area contributed by atoms with Crippen LogP contribution in [0.1, 0.15) is 26.7 Å². The second-order valence-electron chi connectivity index (χ2n) is 4.87. The first-order valence-electron chi connectivity index (χ1n) is 5.60. The van der Waals surface area contributed by atoms with E-state index in [0.29, 0.717) is 12.8 Å². The summed E-state index contributed by atoms with van der Waals surface area (Å²) in [5, 5.41) is 0. The fourth-order valence-electron chi connectivity index (χ4n) is 2.64. The van der Waals surface area contributed by atoms with Crippen molar-refractivity contribution in [2.45, 2.75) is 26.7 Å². The van der Waals surface area contributed by atoms with Gasteiger partial charge in [-0.1, -0.05) is 17.7 Å². The molecule has 0 radical (unpaired) electrons. The van der Waals surface area contributed by atoms with Crippen LogP contribution >= 0.6 is 0 Å². The Morgan fingerprint density at radius 2 is 2.25 bits per heavy atom. The summed E-state index contributed by atoms with van der Waals surface area (Å²) in [5.41, 5.74) is 0.627. The molecular weight excluding hydrogens is 202 g/mol. The fraction of sp³-hybridized carbons (Fsp3) is 0.538. The van der Waals surface area contributed by atoms with Gasteiger partial charge in [0.05, 0.1) is 11.3 Å². The number of amides is 1. The number of nitrogens with zero attached hydrogens (tertiary/aromatic N) is 1. The van der Waals surface area contributed by atoms with E-state index in [9.17, 15) is 9.59 Å². The van der Waals surface area contributed by atoms with Gasteiger partial charge in [-0.25, -0.2) is 0 Å². The van der Waals surface area contributed by atoms with Crippen molar-refractivity contribution in [2.24, 2.45) is 11.3 Å². The number of allylic oxidation sites excluding steroid dienone is 3. The average Bonchev–Trinajstić information content (AvgIpc) is 2.24. The Hall–Kier alpha value is -1.38. The molecule has 1 aliphatic heterocycles. The molecule has 1 amide bonds. The lowest BCUT2D eigenvalue weighted by molar-refractivity contribution is -0.143. The lowest BCUT2D eigenvalue weighted by Gasteiger charge is -2.42. The highest BCUT2D eigenvalue weighted by Crippen LogP contribution is 2.45. The van der Waals surface area contributed by atoms with E-state index in [1.165, 1.54) is 5.57 Å². The molecule has 16 heavy (non-hydrogen) atoms. The highest BCUT2D eigenvalue weighted by molar-refractivity contribution is 5.94. The van der Waals surface area contributed by atoms with Crippen LogP contribution in [0, 0.1) is 11.3 Å². The van der Waals surface area contributed by atoms with Crippen molar-refractivity contribution in [3.8, 4) is 0 Å². The standard InChI is InChI=1S/C13H17NO2/c1-9-4-5-13(10(2)15)6-7-14(3)12(16)11(13)8-9/h4,6-7,11H,5,8H2,1-3H3/t11-,13+/m0/s1. The van der Waals surface area contributed by atoms with Crippen LogP contribution in [0.25, 0.3) is 0 Å². The van der Waals surface area contributed by atoms with Gasteiger partial charge in [-0.2, -0.15) is 0 Å². The lowest BCUT2D eigenvalue weighted by Crippen LogP contribution is -2.48. The number of carbonyl (C=O) groups excluding carboxylic acids is 2. The third kappa shape index (κ3) is 1.42. The van der Waals surface area contributed by atoms with Gasteiger partial charge >= 0.3 is 0 Å². The fourth-order valence-corrected chi connectivity index (χ4v) is 2.64. The van der Waals surface area contributed by atoms with Crippen LogP contribution in [-0.2, 0) is 9.59 Å². The van der Waals surface area contributed by atoms with Gasteiger partial charge in [0.25, 0.3) is 0 Å². The van der Waals surface area contributed by atoms with Crippen molar-refractivity contribution in [2.75, 3.05) is 7.05 Å². The van der Waals surface area contributed by atoms with E-state index < -0.39 is 5.41 Å². The molecule has 0 aromatic rings. The maximum Gasteiger partial charge on any atom is 0.231 e. The van der Waals surface area contributed by atoms with Gasteiger partial charge < -0.3 is 4.90 Å². The molecule has 0 saturated heterocycles. The first kappa shape index (κ1) is 11.1. The van der Waals surface area contributed by atoms with Crippen molar-refractivity contribution < 1.29 is 9.59 Å². The SMILES string of the molecule is CC(=O)[C@@]12C=CN(C)C(=O)[C@@H]1CC(C)=CC2. The maximum absolute atomic E-state index is 12.1. The number of hydrogen-bond donors (Lipinski definition) is 0. The molecule has 86 valence electrons. The lowest BCUT2D eigenvalue weighted by atomic mass is 9.63. The molecule has 3 heteroatoms. The van der Waals surface area contributed by atoms with Crippen LogP contribution in [-0.4, -0.2) is 23.6 Å². The highest BCUT2D eigenvalue weighted by Gasteiger charge is 2.48. The summed E-state index contributed by atoms with van der Waals surface area (Å²) < 4.78 is 0. The Kier molecular flexibility index (Phi) is 2.49. The molecular formula is C13H17NO2. The van der Waals surface area contributed by atoms with Crippen molar-refractivity contribution in [1.82, 2.24) is 4.90 Å². The molecule has 0 bridgehead atoms. The molecule has 1 aliphatic carbocycles. The monoisotopic (exact) mass is 219 g/mol. The number of ketones is 1. The second kappa shape index (κ2) is 3.58. The quantitative estimate of drug-likeness (QED) is 0.632. The zero-order valence-electron chi connectivity index (χ0n) is 9.99. The minimum absolute atomic E-state index is 0.0603. The largest absolute Gasteiger partial charge is 0.322 e. The van der Waals surface area contributed by atoms with E-state index in [0.717, 1.165) is 0 Å².